The van der Waals surface area contributed by atoms with Crippen LogP contribution in [-0.4, -0.2) is 76.7 Å². The lowest BCUT2D eigenvalue weighted by atomic mass is 10.2. The van der Waals surface area contributed by atoms with Gasteiger partial charge < -0.3 is 19.7 Å². The largest absolute Gasteiger partial charge is 0.351 e. The summed E-state index contributed by atoms with van der Waals surface area (Å²) in [5, 5.41) is 1.46. The van der Waals surface area contributed by atoms with Crippen molar-refractivity contribution in [3.8, 4) is 0 Å². The van der Waals surface area contributed by atoms with Gasteiger partial charge in [-0.15, -0.1) is 0 Å². The molecule has 1 aromatic heterocycles. The van der Waals surface area contributed by atoms with Crippen molar-refractivity contribution in [1.82, 2.24) is 19.7 Å². The third kappa shape index (κ3) is 3.64. The minimum absolute atomic E-state index is 0.00637. The summed E-state index contributed by atoms with van der Waals surface area (Å²) in [7, 11) is 0. The molecular formula is C19H21ClN4O3. The molecule has 7 nitrogen and oxygen atoms in total. The van der Waals surface area contributed by atoms with Gasteiger partial charge in [-0.25, -0.2) is 0 Å². The van der Waals surface area contributed by atoms with Gasteiger partial charge in [0.15, 0.2) is 0 Å². The molecule has 2 fully saturated rings. The van der Waals surface area contributed by atoms with Gasteiger partial charge in [0.25, 0.3) is 5.91 Å². The maximum Gasteiger partial charge on any atom is 0.270 e. The smallest absolute Gasteiger partial charge is 0.270 e. The molecule has 0 atom stereocenters. The first-order chi connectivity index (χ1) is 13.0. The number of hydrogen-bond acceptors (Lipinski definition) is 3. The van der Waals surface area contributed by atoms with Crippen LogP contribution < -0.4 is 0 Å². The molecule has 1 aromatic carbocycles. The molecule has 3 amide bonds. The van der Waals surface area contributed by atoms with Crippen LogP contribution in [0.5, 0.6) is 0 Å². The third-order valence-electron chi connectivity index (χ3n) is 5.20. The Morgan fingerprint density at radius 1 is 1.04 bits per heavy atom. The fraction of sp³-hybridized carbons (Fsp3) is 0.421. The van der Waals surface area contributed by atoms with E-state index in [1.807, 2.05) is 6.07 Å². The highest BCUT2D eigenvalue weighted by Gasteiger charge is 2.30. The quantitative estimate of drug-likeness (QED) is 0.869. The van der Waals surface area contributed by atoms with E-state index in [0.29, 0.717) is 23.8 Å². The van der Waals surface area contributed by atoms with Crippen molar-refractivity contribution in [1.29, 1.82) is 0 Å². The summed E-state index contributed by atoms with van der Waals surface area (Å²) in [6, 6.07) is 7.12. The van der Waals surface area contributed by atoms with Crippen molar-refractivity contribution >= 4 is 40.2 Å². The van der Waals surface area contributed by atoms with E-state index in [-0.39, 0.29) is 30.8 Å². The maximum atomic E-state index is 12.8. The molecule has 0 radical (unpaired) electrons. The Morgan fingerprint density at radius 3 is 2.56 bits per heavy atom. The average molecular weight is 389 g/mol. The van der Waals surface area contributed by atoms with Gasteiger partial charge in [-0.2, -0.15) is 0 Å². The first-order valence-electron chi connectivity index (χ1n) is 9.14. The zero-order valence-corrected chi connectivity index (χ0v) is 15.7. The SMILES string of the molecule is O=C(CN1CCN(C(=O)c2cc3cc(Cl)ccc3[nH]2)CC1=O)N1CCCC1. The molecule has 4 rings (SSSR count). The number of rotatable bonds is 3. The Morgan fingerprint density at radius 2 is 1.81 bits per heavy atom. The Bertz CT molecular complexity index is 903. The Balaban J connectivity index is 1.40. The van der Waals surface area contributed by atoms with Crippen LogP contribution in [0.4, 0.5) is 0 Å². The normalized spacial score (nSPS) is 17.8. The minimum atomic E-state index is -0.221. The van der Waals surface area contributed by atoms with E-state index in [0.717, 1.165) is 36.8 Å². The molecule has 2 saturated heterocycles. The highest BCUT2D eigenvalue weighted by atomic mass is 35.5. The lowest BCUT2D eigenvalue weighted by Crippen LogP contribution is -2.54. The van der Waals surface area contributed by atoms with E-state index in [9.17, 15) is 14.4 Å². The topological polar surface area (TPSA) is 76.7 Å². The first kappa shape index (κ1) is 17.9. The second-order valence-electron chi connectivity index (χ2n) is 7.04. The van der Waals surface area contributed by atoms with E-state index >= 15 is 0 Å². The predicted molar refractivity (Wildman–Crippen MR) is 102 cm³/mol. The van der Waals surface area contributed by atoms with E-state index in [4.69, 9.17) is 11.6 Å². The van der Waals surface area contributed by atoms with Crippen molar-refractivity contribution in [2.45, 2.75) is 12.8 Å². The molecule has 0 unspecified atom stereocenters. The van der Waals surface area contributed by atoms with E-state index in [2.05, 4.69) is 4.98 Å². The van der Waals surface area contributed by atoms with Crippen LogP contribution >= 0.6 is 11.6 Å². The standard InChI is InChI=1S/C19H21ClN4O3/c20-14-3-4-15-13(9-14)10-16(21-15)19(27)24-8-7-23(18(26)12-24)11-17(25)22-5-1-2-6-22/h3-4,9-10,21H,1-2,5-8,11-12H2. The number of fused-ring (bicyclic) bond motifs is 1. The maximum absolute atomic E-state index is 12.8. The molecule has 2 aliphatic heterocycles. The second kappa shape index (κ2) is 7.23. The van der Waals surface area contributed by atoms with Gasteiger partial charge in [0.2, 0.25) is 11.8 Å². The van der Waals surface area contributed by atoms with Crippen molar-refractivity contribution < 1.29 is 14.4 Å². The molecule has 0 saturated carbocycles. The molecule has 0 bridgehead atoms. The summed E-state index contributed by atoms with van der Waals surface area (Å²) < 4.78 is 0. The van der Waals surface area contributed by atoms with Crippen LogP contribution in [0.25, 0.3) is 10.9 Å². The number of halogens is 1. The molecule has 0 spiro atoms. The molecule has 2 aliphatic rings. The lowest BCUT2D eigenvalue weighted by Gasteiger charge is -2.34. The van der Waals surface area contributed by atoms with Crippen LogP contribution in [-0.2, 0) is 9.59 Å². The van der Waals surface area contributed by atoms with Gasteiger partial charge in [-0.05, 0) is 37.1 Å². The number of aromatic amines is 1. The van der Waals surface area contributed by atoms with Gasteiger partial charge in [0.1, 0.15) is 12.2 Å². The Kier molecular flexibility index (Phi) is 4.78. The predicted octanol–water partition coefficient (Wildman–Crippen LogP) is 1.73. The summed E-state index contributed by atoms with van der Waals surface area (Å²) in [6.07, 6.45) is 2.05. The first-order valence-corrected chi connectivity index (χ1v) is 9.52. The molecule has 0 aliphatic carbocycles. The summed E-state index contributed by atoms with van der Waals surface area (Å²) >= 11 is 5.99. The van der Waals surface area contributed by atoms with Crippen molar-refractivity contribution in [3.63, 3.8) is 0 Å². The number of carbonyl (C=O) groups excluding carboxylic acids is 3. The number of nitrogens with zero attached hydrogens (tertiary/aromatic N) is 3. The number of likely N-dealkylation sites (tertiary alicyclic amines) is 1. The summed E-state index contributed by atoms with van der Waals surface area (Å²) in [5.41, 5.74) is 1.26. The van der Waals surface area contributed by atoms with Crippen LogP contribution in [0, 0.1) is 0 Å². The molecule has 2 aromatic rings. The van der Waals surface area contributed by atoms with Crippen molar-refractivity contribution in [2.75, 3.05) is 39.3 Å². The molecule has 142 valence electrons. The zero-order chi connectivity index (χ0) is 19.0. The Labute approximate surface area is 161 Å². The number of benzene rings is 1. The van der Waals surface area contributed by atoms with E-state index in [1.54, 1.807) is 28.0 Å². The Hall–Kier alpha value is -2.54. The van der Waals surface area contributed by atoms with Crippen LogP contribution in [0.2, 0.25) is 5.02 Å². The molecule has 1 N–H and O–H groups in total. The fourth-order valence-corrected chi connectivity index (χ4v) is 3.85. The average Bonchev–Trinajstić information content (AvgIpc) is 3.31. The highest BCUT2D eigenvalue weighted by molar-refractivity contribution is 6.31. The number of hydrogen-bond donors (Lipinski definition) is 1. The van der Waals surface area contributed by atoms with Gasteiger partial charge in [0.05, 0.1) is 6.54 Å². The number of nitrogens with one attached hydrogen (secondary N) is 1. The molecule has 3 heterocycles. The van der Waals surface area contributed by atoms with Gasteiger partial charge >= 0.3 is 0 Å². The van der Waals surface area contributed by atoms with Crippen molar-refractivity contribution in [3.05, 3.63) is 35.0 Å². The monoisotopic (exact) mass is 388 g/mol. The van der Waals surface area contributed by atoms with E-state index in [1.165, 1.54) is 4.90 Å². The van der Waals surface area contributed by atoms with Crippen molar-refractivity contribution in [2.24, 2.45) is 0 Å². The van der Waals surface area contributed by atoms with Gasteiger partial charge in [0, 0.05) is 42.1 Å². The van der Waals surface area contributed by atoms with E-state index < -0.39 is 0 Å². The minimum Gasteiger partial charge on any atom is -0.351 e. The number of aromatic nitrogens is 1. The van der Waals surface area contributed by atoms with Gasteiger partial charge in [-0.1, -0.05) is 11.6 Å². The highest BCUT2D eigenvalue weighted by Crippen LogP contribution is 2.21. The van der Waals surface area contributed by atoms with Crippen LogP contribution in [0.3, 0.4) is 0 Å². The summed E-state index contributed by atoms with van der Waals surface area (Å²) in [4.78, 5) is 45.4. The molecule has 8 heteroatoms. The molecule has 27 heavy (non-hydrogen) atoms. The number of carbonyl (C=O) groups is 3. The summed E-state index contributed by atoms with van der Waals surface area (Å²) in [6.45, 7) is 2.42. The number of amides is 3. The number of H-pyrrole nitrogens is 1. The van der Waals surface area contributed by atoms with Crippen LogP contribution in [0.1, 0.15) is 23.3 Å². The lowest BCUT2D eigenvalue weighted by molar-refractivity contribution is -0.142. The summed E-state index contributed by atoms with van der Waals surface area (Å²) in [5.74, 6) is -0.421. The second-order valence-corrected chi connectivity index (χ2v) is 7.48. The third-order valence-corrected chi connectivity index (χ3v) is 5.44. The van der Waals surface area contributed by atoms with Crippen LogP contribution in [0.15, 0.2) is 24.3 Å². The van der Waals surface area contributed by atoms with Gasteiger partial charge in [-0.3, -0.25) is 14.4 Å². The number of piperazine rings is 1. The fourth-order valence-electron chi connectivity index (χ4n) is 3.67. The molecular weight excluding hydrogens is 368 g/mol. The zero-order valence-electron chi connectivity index (χ0n) is 14.9.